The second kappa shape index (κ2) is 5.14. The average molecular weight is 251 g/mol. The molecule has 82 valence electrons. The molecule has 2 rings (SSSR count). The first kappa shape index (κ1) is 11.2. The molecular formula is C11H9NO2S2. The van der Waals surface area contributed by atoms with Crippen LogP contribution in [-0.2, 0) is 5.75 Å². The first-order chi connectivity index (χ1) is 7.77. The lowest BCUT2D eigenvalue weighted by Gasteiger charge is -2.03. The summed E-state index contributed by atoms with van der Waals surface area (Å²) in [5.41, 5.74) is 3.11. The van der Waals surface area contributed by atoms with Crippen LogP contribution in [0.25, 0.3) is 0 Å². The lowest BCUT2D eigenvalue weighted by Crippen LogP contribution is -1.98. The Bertz CT molecular complexity index is 482. The fourth-order valence-corrected chi connectivity index (χ4v) is 2.84. The fourth-order valence-electron chi connectivity index (χ4n) is 1.23. The summed E-state index contributed by atoms with van der Waals surface area (Å²) in [4.78, 5) is 15.9. The SMILES string of the molecule is O=C(O)c1ccccc1SCc1cscn1. The molecule has 1 aromatic heterocycles. The number of aromatic carboxylic acids is 1. The molecule has 0 spiro atoms. The molecule has 0 aliphatic rings. The van der Waals surface area contributed by atoms with E-state index >= 15 is 0 Å². The van der Waals surface area contributed by atoms with E-state index in [1.54, 1.807) is 29.0 Å². The Balaban J connectivity index is 2.12. The zero-order valence-corrected chi connectivity index (χ0v) is 9.92. The van der Waals surface area contributed by atoms with Gasteiger partial charge < -0.3 is 5.11 Å². The van der Waals surface area contributed by atoms with Crippen LogP contribution in [0.4, 0.5) is 0 Å². The molecule has 5 heteroatoms. The minimum absolute atomic E-state index is 0.350. The molecule has 3 nitrogen and oxygen atoms in total. The van der Waals surface area contributed by atoms with Crippen LogP contribution >= 0.6 is 23.1 Å². The largest absolute Gasteiger partial charge is 0.478 e. The number of carboxylic acids is 1. The summed E-state index contributed by atoms with van der Waals surface area (Å²) in [6.07, 6.45) is 0. The predicted molar refractivity (Wildman–Crippen MR) is 65.1 cm³/mol. The normalized spacial score (nSPS) is 10.2. The van der Waals surface area contributed by atoms with Gasteiger partial charge in [0.15, 0.2) is 0 Å². The van der Waals surface area contributed by atoms with Crippen molar-refractivity contribution in [3.63, 3.8) is 0 Å². The van der Waals surface area contributed by atoms with Crippen LogP contribution < -0.4 is 0 Å². The second-order valence-electron chi connectivity index (χ2n) is 3.07. The second-order valence-corrected chi connectivity index (χ2v) is 4.81. The number of hydrogen-bond donors (Lipinski definition) is 1. The number of benzene rings is 1. The molecule has 1 aromatic carbocycles. The van der Waals surface area contributed by atoms with E-state index in [1.165, 1.54) is 11.8 Å². The van der Waals surface area contributed by atoms with Gasteiger partial charge in [-0.05, 0) is 12.1 Å². The third kappa shape index (κ3) is 2.62. The summed E-state index contributed by atoms with van der Waals surface area (Å²) in [7, 11) is 0. The van der Waals surface area contributed by atoms with Crippen molar-refractivity contribution in [2.24, 2.45) is 0 Å². The molecule has 0 aliphatic heterocycles. The van der Waals surface area contributed by atoms with Crippen molar-refractivity contribution in [1.29, 1.82) is 0 Å². The van der Waals surface area contributed by atoms with Gasteiger partial charge in [-0.2, -0.15) is 0 Å². The zero-order chi connectivity index (χ0) is 11.4. The van der Waals surface area contributed by atoms with Crippen LogP contribution in [0.2, 0.25) is 0 Å². The molecule has 0 unspecified atom stereocenters. The number of rotatable bonds is 4. The molecule has 0 atom stereocenters. The molecule has 0 saturated heterocycles. The molecule has 0 fully saturated rings. The third-order valence-electron chi connectivity index (χ3n) is 1.98. The Labute approximate surface area is 101 Å². The van der Waals surface area contributed by atoms with Crippen molar-refractivity contribution in [3.8, 4) is 0 Å². The van der Waals surface area contributed by atoms with E-state index in [9.17, 15) is 4.79 Å². The molecule has 1 heterocycles. The van der Waals surface area contributed by atoms with E-state index in [0.717, 1.165) is 10.6 Å². The maximum absolute atomic E-state index is 11.0. The van der Waals surface area contributed by atoms with Crippen LogP contribution in [0.15, 0.2) is 40.1 Å². The average Bonchev–Trinajstić information content (AvgIpc) is 2.79. The van der Waals surface area contributed by atoms with Gasteiger partial charge in [0.25, 0.3) is 0 Å². The smallest absolute Gasteiger partial charge is 0.336 e. The Morgan fingerprint density at radius 1 is 1.44 bits per heavy atom. The molecule has 2 aromatic rings. The standard InChI is InChI=1S/C11H9NO2S2/c13-11(14)9-3-1-2-4-10(9)16-6-8-5-15-7-12-8/h1-5,7H,6H2,(H,13,14). The minimum atomic E-state index is -0.888. The van der Waals surface area contributed by atoms with Gasteiger partial charge in [-0.15, -0.1) is 23.1 Å². The van der Waals surface area contributed by atoms with E-state index in [-0.39, 0.29) is 0 Å². The topological polar surface area (TPSA) is 50.2 Å². The monoisotopic (exact) mass is 251 g/mol. The minimum Gasteiger partial charge on any atom is -0.478 e. The highest BCUT2D eigenvalue weighted by molar-refractivity contribution is 7.98. The number of thiazole rings is 1. The first-order valence-electron chi connectivity index (χ1n) is 4.59. The molecule has 0 bridgehead atoms. The lowest BCUT2D eigenvalue weighted by molar-refractivity contribution is 0.0693. The van der Waals surface area contributed by atoms with E-state index in [4.69, 9.17) is 5.11 Å². The van der Waals surface area contributed by atoms with Gasteiger partial charge in [0.1, 0.15) is 0 Å². The van der Waals surface area contributed by atoms with E-state index < -0.39 is 5.97 Å². The van der Waals surface area contributed by atoms with E-state index in [1.807, 2.05) is 17.5 Å². The molecule has 1 N–H and O–H groups in total. The number of carbonyl (C=O) groups is 1. The summed E-state index contributed by atoms with van der Waals surface area (Å²) in [5.74, 6) is -0.185. The number of aromatic nitrogens is 1. The Kier molecular flexibility index (Phi) is 3.58. The van der Waals surface area contributed by atoms with Crippen LogP contribution in [-0.4, -0.2) is 16.1 Å². The van der Waals surface area contributed by atoms with Gasteiger partial charge in [0.2, 0.25) is 0 Å². The number of carboxylic acid groups (broad SMARTS) is 1. The van der Waals surface area contributed by atoms with E-state index in [2.05, 4.69) is 4.98 Å². The van der Waals surface area contributed by atoms with Crippen LogP contribution in [0, 0.1) is 0 Å². The fraction of sp³-hybridized carbons (Fsp3) is 0.0909. The van der Waals surface area contributed by atoms with Crippen molar-refractivity contribution in [3.05, 3.63) is 46.4 Å². The summed E-state index contributed by atoms with van der Waals surface area (Å²) >= 11 is 3.04. The molecule has 16 heavy (non-hydrogen) atoms. The van der Waals surface area contributed by atoms with Crippen LogP contribution in [0.5, 0.6) is 0 Å². The third-order valence-corrected chi connectivity index (χ3v) is 3.72. The van der Waals surface area contributed by atoms with Crippen LogP contribution in [0.1, 0.15) is 16.1 Å². The van der Waals surface area contributed by atoms with E-state index in [0.29, 0.717) is 11.3 Å². The van der Waals surface area contributed by atoms with Gasteiger partial charge in [-0.25, -0.2) is 9.78 Å². The number of thioether (sulfide) groups is 1. The van der Waals surface area contributed by atoms with Crippen molar-refractivity contribution in [2.45, 2.75) is 10.6 Å². The quantitative estimate of drug-likeness (QED) is 0.848. The molecule has 0 aliphatic carbocycles. The highest BCUT2D eigenvalue weighted by Crippen LogP contribution is 2.26. The summed E-state index contributed by atoms with van der Waals surface area (Å²) < 4.78 is 0. The molecular weight excluding hydrogens is 242 g/mol. The Morgan fingerprint density at radius 2 is 2.25 bits per heavy atom. The van der Waals surface area contributed by atoms with Crippen molar-refractivity contribution in [2.75, 3.05) is 0 Å². The zero-order valence-electron chi connectivity index (χ0n) is 8.29. The summed E-state index contributed by atoms with van der Waals surface area (Å²) in [5, 5.41) is 11.0. The Morgan fingerprint density at radius 3 is 2.94 bits per heavy atom. The van der Waals surface area contributed by atoms with Gasteiger partial charge in [-0.3, -0.25) is 0 Å². The van der Waals surface area contributed by atoms with Gasteiger partial charge in [0.05, 0.1) is 16.8 Å². The maximum atomic E-state index is 11.0. The molecule has 0 radical (unpaired) electrons. The Hall–Kier alpha value is -1.33. The molecule has 0 amide bonds. The van der Waals surface area contributed by atoms with Crippen molar-refractivity contribution < 1.29 is 9.90 Å². The molecule has 0 saturated carbocycles. The highest BCUT2D eigenvalue weighted by Gasteiger charge is 2.09. The number of hydrogen-bond acceptors (Lipinski definition) is 4. The first-order valence-corrected chi connectivity index (χ1v) is 6.52. The van der Waals surface area contributed by atoms with Crippen LogP contribution in [0.3, 0.4) is 0 Å². The summed E-state index contributed by atoms with van der Waals surface area (Å²) in [6.45, 7) is 0. The summed E-state index contributed by atoms with van der Waals surface area (Å²) in [6, 6.07) is 7.01. The maximum Gasteiger partial charge on any atom is 0.336 e. The van der Waals surface area contributed by atoms with Gasteiger partial charge in [-0.1, -0.05) is 12.1 Å². The predicted octanol–water partition coefficient (Wildman–Crippen LogP) is 3.13. The van der Waals surface area contributed by atoms with Crippen molar-refractivity contribution in [1.82, 2.24) is 4.98 Å². The van der Waals surface area contributed by atoms with Crippen molar-refractivity contribution >= 4 is 29.1 Å². The lowest BCUT2D eigenvalue weighted by atomic mass is 10.2. The van der Waals surface area contributed by atoms with Gasteiger partial charge >= 0.3 is 5.97 Å². The number of nitrogens with zero attached hydrogens (tertiary/aromatic N) is 1. The van der Waals surface area contributed by atoms with Gasteiger partial charge in [0, 0.05) is 16.0 Å². The highest BCUT2D eigenvalue weighted by atomic mass is 32.2.